The van der Waals surface area contributed by atoms with E-state index in [9.17, 15) is 4.21 Å². The van der Waals surface area contributed by atoms with Crippen LogP contribution in [0.3, 0.4) is 0 Å². The lowest BCUT2D eigenvalue weighted by atomic mass is 10.2. The summed E-state index contributed by atoms with van der Waals surface area (Å²) in [5.41, 5.74) is 2.42. The summed E-state index contributed by atoms with van der Waals surface area (Å²) >= 11 is 0. The predicted molar refractivity (Wildman–Crippen MR) is 84.9 cm³/mol. The minimum atomic E-state index is -0.777. The van der Waals surface area contributed by atoms with Crippen LogP contribution in [-0.2, 0) is 16.6 Å². The van der Waals surface area contributed by atoms with Crippen molar-refractivity contribution in [1.82, 2.24) is 5.32 Å². The van der Waals surface area contributed by atoms with Crippen molar-refractivity contribution in [1.29, 1.82) is 0 Å². The van der Waals surface area contributed by atoms with Crippen molar-refractivity contribution in [3.63, 3.8) is 0 Å². The van der Waals surface area contributed by atoms with Gasteiger partial charge in [0.25, 0.3) is 0 Å². The number of hydrogen-bond acceptors (Lipinski definition) is 2. The normalized spacial score (nSPS) is 14.3. The molecule has 1 N–H and O–H groups in total. The highest BCUT2D eigenvalue weighted by Gasteiger charge is 2.11. The van der Waals surface area contributed by atoms with Gasteiger partial charge in [-0.2, -0.15) is 0 Å². The molecule has 0 aliphatic heterocycles. The van der Waals surface area contributed by atoms with Crippen LogP contribution in [-0.4, -0.2) is 22.5 Å². The standard InChI is InChI=1S/C16H27NOS/c1-4-7-16(17-10-5-2)13-19(18)12-15-9-6-8-14(3)11-15/h6,8-9,11,16-17H,4-5,7,10,12-13H2,1-3H3. The average molecular weight is 281 g/mol. The zero-order valence-corrected chi connectivity index (χ0v) is 13.3. The minimum absolute atomic E-state index is 0.399. The largest absolute Gasteiger partial charge is 0.313 e. The zero-order chi connectivity index (χ0) is 14.1. The van der Waals surface area contributed by atoms with Crippen molar-refractivity contribution < 1.29 is 4.21 Å². The molecule has 1 rings (SSSR count). The van der Waals surface area contributed by atoms with Gasteiger partial charge < -0.3 is 5.32 Å². The number of benzene rings is 1. The fourth-order valence-corrected chi connectivity index (χ4v) is 3.61. The first-order valence-corrected chi connectivity index (χ1v) is 8.78. The van der Waals surface area contributed by atoms with Crippen molar-refractivity contribution in [3.05, 3.63) is 35.4 Å². The first-order valence-electron chi connectivity index (χ1n) is 7.29. The van der Waals surface area contributed by atoms with Gasteiger partial charge in [-0.15, -0.1) is 0 Å². The summed E-state index contributed by atoms with van der Waals surface area (Å²) in [5, 5.41) is 3.51. The molecule has 2 nitrogen and oxygen atoms in total. The summed E-state index contributed by atoms with van der Waals surface area (Å²) in [5.74, 6) is 1.44. The highest BCUT2D eigenvalue weighted by molar-refractivity contribution is 7.84. The molecular formula is C16H27NOS. The Balaban J connectivity index is 2.47. The van der Waals surface area contributed by atoms with Gasteiger partial charge in [-0.3, -0.25) is 4.21 Å². The van der Waals surface area contributed by atoms with Crippen LogP contribution < -0.4 is 5.32 Å². The second-order valence-corrected chi connectivity index (χ2v) is 6.68. The maximum Gasteiger partial charge on any atom is 0.0486 e. The average Bonchev–Trinajstić information content (AvgIpc) is 2.36. The maximum absolute atomic E-state index is 12.2. The Morgan fingerprint density at radius 1 is 1.26 bits per heavy atom. The van der Waals surface area contributed by atoms with Gasteiger partial charge in [0.15, 0.2) is 0 Å². The molecule has 0 radical (unpaired) electrons. The van der Waals surface area contributed by atoms with E-state index in [0.717, 1.165) is 31.6 Å². The lowest BCUT2D eigenvalue weighted by Gasteiger charge is -2.17. The topological polar surface area (TPSA) is 29.1 Å². The van der Waals surface area contributed by atoms with Crippen LogP contribution >= 0.6 is 0 Å². The Bertz CT molecular complexity index is 392. The van der Waals surface area contributed by atoms with E-state index in [-0.39, 0.29) is 0 Å². The van der Waals surface area contributed by atoms with Gasteiger partial charge in [-0.1, -0.05) is 50.1 Å². The third-order valence-corrected chi connectivity index (χ3v) is 4.55. The third-order valence-electron chi connectivity index (χ3n) is 3.12. The van der Waals surface area contributed by atoms with Gasteiger partial charge in [0.05, 0.1) is 0 Å². The molecule has 0 saturated carbocycles. The van der Waals surface area contributed by atoms with E-state index in [2.05, 4.69) is 44.3 Å². The third kappa shape index (κ3) is 6.88. The van der Waals surface area contributed by atoms with E-state index in [1.807, 2.05) is 6.07 Å². The van der Waals surface area contributed by atoms with Crippen molar-refractivity contribution >= 4 is 10.8 Å². The molecule has 3 heteroatoms. The summed E-state index contributed by atoms with van der Waals surface area (Å²) in [4.78, 5) is 0. The van der Waals surface area contributed by atoms with Crippen molar-refractivity contribution in [2.24, 2.45) is 0 Å². The summed E-state index contributed by atoms with van der Waals surface area (Å²) in [7, 11) is -0.777. The van der Waals surface area contributed by atoms with Crippen LogP contribution in [0.2, 0.25) is 0 Å². The summed E-state index contributed by atoms with van der Waals surface area (Å²) in [6, 6.07) is 8.72. The quantitative estimate of drug-likeness (QED) is 0.751. The van der Waals surface area contributed by atoms with Crippen molar-refractivity contribution in [2.45, 2.75) is 51.8 Å². The Kier molecular flexibility index (Phi) is 7.99. The van der Waals surface area contributed by atoms with E-state index in [1.165, 1.54) is 11.1 Å². The molecule has 19 heavy (non-hydrogen) atoms. The first kappa shape index (κ1) is 16.4. The first-order chi connectivity index (χ1) is 9.15. The van der Waals surface area contributed by atoms with Crippen LogP contribution in [0, 0.1) is 6.92 Å². The molecule has 1 aromatic carbocycles. The summed E-state index contributed by atoms with van der Waals surface area (Å²) in [6.07, 6.45) is 3.38. The van der Waals surface area contributed by atoms with Gasteiger partial charge >= 0.3 is 0 Å². The zero-order valence-electron chi connectivity index (χ0n) is 12.4. The minimum Gasteiger partial charge on any atom is -0.313 e. The highest BCUT2D eigenvalue weighted by Crippen LogP contribution is 2.09. The van der Waals surface area contributed by atoms with Gasteiger partial charge in [0.2, 0.25) is 0 Å². The molecule has 0 aliphatic carbocycles. The molecule has 2 atom stereocenters. The summed E-state index contributed by atoms with van der Waals surface area (Å²) < 4.78 is 12.2. The SMILES string of the molecule is CCCNC(CCC)CS(=O)Cc1cccc(C)c1. The molecule has 1 aromatic rings. The van der Waals surface area contributed by atoms with E-state index < -0.39 is 10.8 Å². The maximum atomic E-state index is 12.2. The second-order valence-electron chi connectivity index (χ2n) is 5.18. The molecule has 0 aliphatic rings. The van der Waals surface area contributed by atoms with E-state index in [1.54, 1.807) is 0 Å². The van der Waals surface area contributed by atoms with Crippen molar-refractivity contribution in [2.75, 3.05) is 12.3 Å². The monoisotopic (exact) mass is 281 g/mol. The number of aryl methyl sites for hydroxylation is 1. The molecule has 0 spiro atoms. The molecule has 108 valence electrons. The van der Waals surface area contributed by atoms with Gasteiger partial charge in [0, 0.05) is 28.3 Å². The number of rotatable bonds is 9. The molecule has 0 aromatic heterocycles. The van der Waals surface area contributed by atoms with Crippen LogP contribution in [0.4, 0.5) is 0 Å². The highest BCUT2D eigenvalue weighted by atomic mass is 32.2. The van der Waals surface area contributed by atoms with Gasteiger partial charge in [0.1, 0.15) is 0 Å². The smallest absolute Gasteiger partial charge is 0.0486 e. The van der Waals surface area contributed by atoms with Gasteiger partial charge in [-0.05, 0) is 31.9 Å². The van der Waals surface area contributed by atoms with Crippen molar-refractivity contribution in [3.8, 4) is 0 Å². The molecule has 0 bridgehead atoms. The number of nitrogens with one attached hydrogen (secondary N) is 1. The molecule has 0 amide bonds. The molecule has 2 unspecified atom stereocenters. The van der Waals surface area contributed by atoms with E-state index >= 15 is 0 Å². The molecule has 0 heterocycles. The van der Waals surface area contributed by atoms with E-state index in [0.29, 0.717) is 11.8 Å². The van der Waals surface area contributed by atoms with Crippen LogP contribution in [0.15, 0.2) is 24.3 Å². The second kappa shape index (κ2) is 9.27. The Hall–Kier alpha value is -0.670. The predicted octanol–water partition coefficient (Wildman–Crippen LogP) is 3.41. The molecular weight excluding hydrogens is 254 g/mol. The van der Waals surface area contributed by atoms with Crippen LogP contribution in [0.1, 0.15) is 44.2 Å². The Labute approximate surface area is 120 Å². The van der Waals surface area contributed by atoms with E-state index in [4.69, 9.17) is 0 Å². The lowest BCUT2D eigenvalue weighted by Crippen LogP contribution is -2.34. The fraction of sp³-hybridized carbons (Fsp3) is 0.625. The molecule has 0 saturated heterocycles. The molecule has 0 fully saturated rings. The Morgan fingerprint density at radius 2 is 2.05 bits per heavy atom. The number of hydrogen-bond donors (Lipinski definition) is 1. The summed E-state index contributed by atoms with van der Waals surface area (Å²) in [6.45, 7) is 7.45. The fourth-order valence-electron chi connectivity index (χ4n) is 2.21. The lowest BCUT2D eigenvalue weighted by molar-refractivity contribution is 0.510. The van der Waals surface area contributed by atoms with Crippen LogP contribution in [0.25, 0.3) is 0 Å². The van der Waals surface area contributed by atoms with Crippen LogP contribution in [0.5, 0.6) is 0 Å². The van der Waals surface area contributed by atoms with Gasteiger partial charge in [-0.25, -0.2) is 0 Å². The Morgan fingerprint density at radius 3 is 2.68 bits per heavy atom.